The van der Waals surface area contributed by atoms with E-state index in [0.29, 0.717) is 12.6 Å². The minimum absolute atomic E-state index is 0.172. The van der Waals surface area contributed by atoms with Gasteiger partial charge in [-0.1, -0.05) is 6.92 Å². The molecule has 2 rings (SSSR count). The van der Waals surface area contributed by atoms with Crippen LogP contribution >= 0.6 is 0 Å². The lowest BCUT2D eigenvalue weighted by atomic mass is 9.83. The summed E-state index contributed by atoms with van der Waals surface area (Å²) in [5.41, 5.74) is -2.11. The smallest absolute Gasteiger partial charge is 0.316 e. The maximum atomic E-state index is 12.8. The number of nitrogens with one attached hydrogen (secondary N) is 2. The monoisotopic (exact) mass is 361 g/mol. The van der Waals surface area contributed by atoms with Crippen LogP contribution < -0.4 is 10.0 Å². The quantitative estimate of drug-likeness (QED) is 0.862. The Balaban J connectivity index is 2.22. The zero-order valence-electron chi connectivity index (χ0n) is 13.1. The highest BCUT2D eigenvalue weighted by molar-refractivity contribution is 7.89. The van der Waals surface area contributed by atoms with Crippen LogP contribution in [0.3, 0.4) is 0 Å². The lowest BCUT2D eigenvalue weighted by molar-refractivity contribution is -0.137. The third kappa shape index (κ3) is 4.26. The summed E-state index contributed by atoms with van der Waals surface area (Å²) in [6, 6.07) is 3.65. The molecule has 1 atom stereocenters. The zero-order chi connectivity index (χ0) is 18.0. The summed E-state index contributed by atoms with van der Waals surface area (Å²) in [5.74, 6) is 0. The summed E-state index contributed by atoms with van der Waals surface area (Å²) in [7, 11) is -3.99. The fourth-order valence-electron chi connectivity index (χ4n) is 2.65. The van der Waals surface area contributed by atoms with Gasteiger partial charge >= 0.3 is 6.18 Å². The molecule has 0 spiro atoms. The lowest BCUT2D eigenvalue weighted by Gasteiger charge is -2.34. The first-order valence-electron chi connectivity index (χ1n) is 7.39. The van der Waals surface area contributed by atoms with Crippen LogP contribution in [0, 0.1) is 16.7 Å². The van der Waals surface area contributed by atoms with Crippen molar-refractivity contribution in [3.8, 4) is 6.07 Å². The Hall–Kier alpha value is -1.63. The van der Waals surface area contributed by atoms with Crippen LogP contribution in [-0.4, -0.2) is 28.1 Å². The van der Waals surface area contributed by atoms with Crippen LogP contribution in [-0.2, 0) is 16.2 Å². The van der Waals surface area contributed by atoms with Crippen molar-refractivity contribution in [3.05, 3.63) is 29.3 Å². The predicted octanol–water partition coefficient (Wildman–Crippen LogP) is 2.25. The van der Waals surface area contributed by atoms with Crippen LogP contribution in [0.5, 0.6) is 0 Å². The molecular weight excluding hydrogens is 343 g/mol. The highest BCUT2D eigenvalue weighted by atomic mass is 32.2. The molecule has 1 unspecified atom stereocenters. The van der Waals surface area contributed by atoms with Gasteiger partial charge in [-0.15, -0.1) is 0 Å². The van der Waals surface area contributed by atoms with Crippen molar-refractivity contribution >= 4 is 10.0 Å². The van der Waals surface area contributed by atoms with Gasteiger partial charge in [0.15, 0.2) is 0 Å². The number of nitriles is 1. The third-order valence-corrected chi connectivity index (χ3v) is 5.50. The summed E-state index contributed by atoms with van der Waals surface area (Å²) in [6.45, 7) is 3.65. The van der Waals surface area contributed by atoms with Gasteiger partial charge in [0.1, 0.15) is 0 Å². The van der Waals surface area contributed by atoms with E-state index in [4.69, 9.17) is 5.26 Å². The van der Waals surface area contributed by atoms with Crippen LogP contribution in [0.25, 0.3) is 0 Å². The predicted molar refractivity (Wildman–Crippen MR) is 81.6 cm³/mol. The Morgan fingerprint density at radius 3 is 2.67 bits per heavy atom. The summed E-state index contributed by atoms with van der Waals surface area (Å²) < 4.78 is 65.4. The average molecular weight is 361 g/mol. The summed E-state index contributed by atoms with van der Waals surface area (Å²) in [4.78, 5) is -0.348. The number of hydrogen-bond acceptors (Lipinski definition) is 4. The largest absolute Gasteiger partial charge is 0.417 e. The molecule has 1 saturated heterocycles. The first-order valence-corrected chi connectivity index (χ1v) is 8.87. The lowest BCUT2D eigenvalue weighted by Crippen LogP contribution is -2.45. The normalized spacial score (nSPS) is 22.1. The molecule has 2 N–H and O–H groups in total. The third-order valence-electron chi connectivity index (χ3n) is 4.10. The van der Waals surface area contributed by atoms with Gasteiger partial charge in [0.2, 0.25) is 10.0 Å². The first kappa shape index (κ1) is 18.7. The van der Waals surface area contributed by atoms with Gasteiger partial charge in [-0.2, -0.15) is 18.4 Å². The number of rotatable bonds is 4. The zero-order valence-corrected chi connectivity index (χ0v) is 13.9. The summed E-state index contributed by atoms with van der Waals surface area (Å²) >= 11 is 0. The van der Waals surface area contributed by atoms with Crippen LogP contribution in [0.15, 0.2) is 23.1 Å². The van der Waals surface area contributed by atoms with E-state index >= 15 is 0 Å². The molecule has 0 bridgehead atoms. The van der Waals surface area contributed by atoms with Gasteiger partial charge in [-0.3, -0.25) is 0 Å². The molecule has 0 aromatic heterocycles. The molecule has 0 aliphatic carbocycles. The molecule has 9 heteroatoms. The van der Waals surface area contributed by atoms with Crippen molar-refractivity contribution in [2.24, 2.45) is 5.41 Å². The van der Waals surface area contributed by atoms with Gasteiger partial charge in [0, 0.05) is 13.1 Å². The Morgan fingerprint density at radius 2 is 2.12 bits per heavy atom. The minimum Gasteiger partial charge on any atom is -0.316 e. The number of piperidine rings is 1. The fraction of sp³-hybridized carbons (Fsp3) is 0.533. The van der Waals surface area contributed by atoms with E-state index in [0.717, 1.165) is 31.5 Å². The van der Waals surface area contributed by atoms with E-state index in [2.05, 4.69) is 10.0 Å². The number of hydrogen-bond donors (Lipinski definition) is 2. The van der Waals surface area contributed by atoms with Gasteiger partial charge in [0.05, 0.1) is 22.1 Å². The number of benzene rings is 1. The molecular formula is C15H18F3N3O2S. The average Bonchev–Trinajstić information content (AvgIpc) is 2.52. The topological polar surface area (TPSA) is 82.0 Å². The van der Waals surface area contributed by atoms with Gasteiger partial charge in [0.25, 0.3) is 0 Å². The van der Waals surface area contributed by atoms with Crippen LogP contribution in [0.2, 0.25) is 0 Å². The van der Waals surface area contributed by atoms with Gasteiger partial charge in [-0.05, 0) is 43.0 Å². The second-order valence-corrected chi connectivity index (χ2v) is 8.00. The van der Waals surface area contributed by atoms with Crippen molar-refractivity contribution in [1.29, 1.82) is 5.26 Å². The van der Waals surface area contributed by atoms with E-state index in [9.17, 15) is 21.6 Å². The number of nitrogens with zero attached hydrogens (tertiary/aromatic N) is 1. The molecule has 1 heterocycles. The maximum absolute atomic E-state index is 12.8. The SMILES string of the molecule is CC1(CNS(=O)(=O)c2ccc(C(F)(F)F)c(C#N)c2)CCCNC1. The maximum Gasteiger partial charge on any atom is 0.417 e. The van der Waals surface area contributed by atoms with Crippen molar-refractivity contribution in [3.63, 3.8) is 0 Å². The molecule has 1 aromatic rings. The first-order chi connectivity index (χ1) is 11.1. The number of alkyl halides is 3. The van der Waals surface area contributed by atoms with E-state index in [-0.39, 0.29) is 16.9 Å². The van der Waals surface area contributed by atoms with Gasteiger partial charge in [-0.25, -0.2) is 13.1 Å². The Morgan fingerprint density at radius 1 is 1.42 bits per heavy atom. The molecule has 0 saturated carbocycles. The Bertz CT molecular complexity index is 748. The number of sulfonamides is 1. The van der Waals surface area contributed by atoms with Gasteiger partial charge < -0.3 is 5.32 Å². The second-order valence-electron chi connectivity index (χ2n) is 6.23. The molecule has 1 aliphatic heterocycles. The highest BCUT2D eigenvalue weighted by Gasteiger charge is 2.35. The standard InChI is InChI=1S/C15H18F3N3O2S/c1-14(5-2-6-20-9-14)10-21-24(22,23)12-3-4-13(15(16,17)18)11(7-12)8-19/h3-4,7,20-21H,2,5-6,9-10H2,1H3. The van der Waals surface area contributed by atoms with Crippen molar-refractivity contribution in [2.45, 2.75) is 30.8 Å². The second kappa shape index (κ2) is 6.70. The Kier molecular flexibility index (Phi) is 5.22. The molecule has 24 heavy (non-hydrogen) atoms. The molecule has 1 aromatic carbocycles. The van der Waals surface area contributed by atoms with E-state index < -0.39 is 27.3 Å². The summed E-state index contributed by atoms with van der Waals surface area (Å²) in [5, 5.41) is 12.1. The van der Waals surface area contributed by atoms with Crippen molar-refractivity contribution in [1.82, 2.24) is 10.0 Å². The van der Waals surface area contributed by atoms with E-state index in [1.165, 1.54) is 6.07 Å². The molecule has 5 nitrogen and oxygen atoms in total. The number of halogens is 3. The fourth-order valence-corrected chi connectivity index (χ4v) is 3.88. The van der Waals surface area contributed by atoms with E-state index in [1.54, 1.807) is 0 Å². The molecule has 0 amide bonds. The molecule has 0 radical (unpaired) electrons. The van der Waals surface area contributed by atoms with Crippen molar-refractivity contribution in [2.75, 3.05) is 19.6 Å². The molecule has 1 fully saturated rings. The summed E-state index contributed by atoms with van der Waals surface area (Å²) in [6.07, 6.45) is -2.93. The molecule has 1 aliphatic rings. The van der Waals surface area contributed by atoms with Crippen LogP contribution in [0.1, 0.15) is 30.9 Å². The van der Waals surface area contributed by atoms with E-state index in [1.807, 2.05) is 6.92 Å². The highest BCUT2D eigenvalue weighted by Crippen LogP contribution is 2.33. The van der Waals surface area contributed by atoms with Crippen molar-refractivity contribution < 1.29 is 21.6 Å². The molecule has 132 valence electrons. The Labute approximate surface area is 138 Å². The van der Waals surface area contributed by atoms with Crippen LogP contribution in [0.4, 0.5) is 13.2 Å². The minimum atomic E-state index is -4.71.